The fourth-order valence-corrected chi connectivity index (χ4v) is 1.33. The van der Waals surface area contributed by atoms with Gasteiger partial charge in [-0.15, -0.1) is 0 Å². The van der Waals surface area contributed by atoms with Crippen LogP contribution in [0.1, 0.15) is 25.8 Å². The Morgan fingerprint density at radius 1 is 1.50 bits per heavy atom. The molecule has 5 heteroatoms. The average molecular weight is 252 g/mol. The molecule has 1 N–H and O–H groups in total. The van der Waals surface area contributed by atoms with Crippen LogP contribution in [0.2, 0.25) is 0 Å². The van der Waals surface area contributed by atoms with E-state index < -0.39 is 23.0 Å². The summed E-state index contributed by atoms with van der Waals surface area (Å²) in [6, 6.07) is 5.06. The lowest BCUT2D eigenvalue weighted by Gasteiger charge is -2.18. The van der Waals surface area contributed by atoms with Gasteiger partial charge in [0.2, 0.25) is 5.91 Å². The van der Waals surface area contributed by atoms with E-state index in [1.165, 1.54) is 13.0 Å². The van der Waals surface area contributed by atoms with Gasteiger partial charge in [0, 0.05) is 18.2 Å². The lowest BCUT2D eigenvalue weighted by molar-refractivity contribution is -0.127. The van der Waals surface area contributed by atoms with Crippen LogP contribution in [0.5, 0.6) is 0 Å². The summed E-state index contributed by atoms with van der Waals surface area (Å²) < 4.78 is 26.0. The topological polar surface area (TPSA) is 52.9 Å². The molecule has 0 radical (unpaired) electrons. The van der Waals surface area contributed by atoms with E-state index in [-0.39, 0.29) is 12.1 Å². The monoisotopic (exact) mass is 252 g/mol. The average Bonchev–Trinajstić information content (AvgIpc) is 2.36. The lowest BCUT2D eigenvalue weighted by Crippen LogP contribution is -2.37. The second-order valence-electron chi connectivity index (χ2n) is 4.22. The number of nitrogens with one attached hydrogen (secondary N) is 1. The van der Waals surface area contributed by atoms with Gasteiger partial charge in [0.1, 0.15) is 17.0 Å². The van der Waals surface area contributed by atoms with Gasteiger partial charge >= 0.3 is 0 Å². The quantitative estimate of drug-likeness (QED) is 0.895. The molecule has 1 aromatic rings. The molecule has 0 fully saturated rings. The van der Waals surface area contributed by atoms with Gasteiger partial charge in [-0.25, -0.2) is 8.78 Å². The molecule has 0 heterocycles. The van der Waals surface area contributed by atoms with Crippen molar-refractivity contribution < 1.29 is 13.6 Å². The van der Waals surface area contributed by atoms with E-state index in [1.54, 1.807) is 6.92 Å². The van der Waals surface area contributed by atoms with E-state index in [4.69, 9.17) is 5.26 Å². The fraction of sp³-hybridized carbons (Fsp3) is 0.385. The first-order valence-electron chi connectivity index (χ1n) is 5.56. The number of carbonyl (C=O) groups is 1. The number of hydrogen-bond donors (Lipinski definition) is 1. The van der Waals surface area contributed by atoms with E-state index in [0.29, 0.717) is 6.42 Å². The van der Waals surface area contributed by atoms with Crippen molar-refractivity contribution in [2.24, 2.45) is 5.41 Å². The molecule has 0 saturated heterocycles. The van der Waals surface area contributed by atoms with Crippen LogP contribution < -0.4 is 5.32 Å². The normalized spacial score (nSPS) is 13.5. The van der Waals surface area contributed by atoms with Crippen LogP contribution in [0.15, 0.2) is 18.2 Å². The highest BCUT2D eigenvalue weighted by atomic mass is 19.1. The van der Waals surface area contributed by atoms with Gasteiger partial charge < -0.3 is 5.32 Å². The van der Waals surface area contributed by atoms with Gasteiger partial charge in [0.25, 0.3) is 0 Å². The SMILES string of the molecule is CCC(C)(C#N)C(=O)NCc1ccc(F)cc1F. The van der Waals surface area contributed by atoms with Crippen LogP contribution >= 0.6 is 0 Å². The Balaban J connectivity index is 2.72. The van der Waals surface area contributed by atoms with E-state index in [1.807, 2.05) is 6.07 Å². The predicted octanol–water partition coefficient (Wildman–Crippen LogP) is 2.52. The van der Waals surface area contributed by atoms with E-state index in [0.717, 1.165) is 12.1 Å². The third-order valence-electron chi connectivity index (χ3n) is 2.91. The summed E-state index contributed by atoms with van der Waals surface area (Å²) >= 11 is 0. The Hall–Kier alpha value is -1.96. The molecule has 1 rings (SSSR count). The summed E-state index contributed by atoms with van der Waals surface area (Å²) in [4.78, 5) is 11.7. The number of nitriles is 1. The fourth-order valence-electron chi connectivity index (χ4n) is 1.33. The number of hydrogen-bond acceptors (Lipinski definition) is 2. The second-order valence-corrected chi connectivity index (χ2v) is 4.22. The molecule has 0 aliphatic heterocycles. The highest BCUT2D eigenvalue weighted by Crippen LogP contribution is 2.20. The van der Waals surface area contributed by atoms with E-state index >= 15 is 0 Å². The van der Waals surface area contributed by atoms with Crippen molar-refractivity contribution in [1.82, 2.24) is 5.32 Å². The summed E-state index contributed by atoms with van der Waals surface area (Å²) in [7, 11) is 0. The number of benzene rings is 1. The maximum Gasteiger partial charge on any atom is 0.240 e. The van der Waals surface area contributed by atoms with Crippen molar-refractivity contribution in [1.29, 1.82) is 5.26 Å². The Kier molecular flexibility index (Phi) is 4.38. The minimum Gasteiger partial charge on any atom is -0.351 e. The molecule has 1 unspecified atom stereocenters. The molecule has 1 atom stereocenters. The smallest absolute Gasteiger partial charge is 0.240 e. The highest BCUT2D eigenvalue weighted by molar-refractivity contribution is 5.84. The molecule has 3 nitrogen and oxygen atoms in total. The molecule has 0 aliphatic rings. The summed E-state index contributed by atoms with van der Waals surface area (Å²) in [6.45, 7) is 3.17. The van der Waals surface area contributed by atoms with Gasteiger partial charge in [0.15, 0.2) is 0 Å². The first kappa shape index (κ1) is 14.1. The van der Waals surface area contributed by atoms with Gasteiger partial charge in [0.05, 0.1) is 6.07 Å². The molecule has 0 bridgehead atoms. The van der Waals surface area contributed by atoms with Crippen LogP contribution in [0, 0.1) is 28.4 Å². The molecule has 96 valence electrons. The number of amides is 1. The summed E-state index contributed by atoms with van der Waals surface area (Å²) in [6.07, 6.45) is 0.362. The standard InChI is InChI=1S/C13H14F2N2O/c1-3-13(2,8-16)12(18)17-7-9-4-5-10(14)6-11(9)15/h4-6H,3,7H2,1-2H3,(H,17,18). The maximum atomic E-state index is 13.3. The molecule has 0 saturated carbocycles. The van der Waals surface area contributed by atoms with Crippen LogP contribution in [0.4, 0.5) is 8.78 Å². The molecular formula is C13H14F2N2O. The zero-order valence-electron chi connectivity index (χ0n) is 10.3. The zero-order valence-corrected chi connectivity index (χ0v) is 10.3. The molecule has 1 amide bonds. The Morgan fingerprint density at radius 3 is 2.67 bits per heavy atom. The third kappa shape index (κ3) is 3.04. The predicted molar refractivity (Wildman–Crippen MR) is 62.2 cm³/mol. The Bertz CT molecular complexity index is 496. The van der Waals surface area contributed by atoms with Crippen molar-refractivity contribution in [3.8, 4) is 6.07 Å². The van der Waals surface area contributed by atoms with Crippen LogP contribution in [-0.4, -0.2) is 5.91 Å². The molecule has 1 aromatic carbocycles. The van der Waals surface area contributed by atoms with E-state index in [9.17, 15) is 13.6 Å². The second kappa shape index (κ2) is 5.58. The zero-order chi connectivity index (χ0) is 13.8. The summed E-state index contributed by atoms with van der Waals surface area (Å²) in [5.41, 5.74) is -0.947. The van der Waals surface area contributed by atoms with Crippen LogP contribution in [0.25, 0.3) is 0 Å². The minimum absolute atomic E-state index is 0.0672. The van der Waals surface area contributed by atoms with Crippen molar-refractivity contribution in [2.75, 3.05) is 0 Å². The van der Waals surface area contributed by atoms with Gasteiger partial charge in [-0.1, -0.05) is 13.0 Å². The number of nitrogens with zero attached hydrogens (tertiary/aromatic N) is 1. The van der Waals surface area contributed by atoms with E-state index in [2.05, 4.69) is 5.32 Å². The molecule has 18 heavy (non-hydrogen) atoms. The van der Waals surface area contributed by atoms with Gasteiger partial charge in [-0.3, -0.25) is 4.79 Å². The summed E-state index contributed by atoms with van der Waals surface area (Å²) in [5, 5.41) is 11.4. The first-order valence-corrected chi connectivity index (χ1v) is 5.56. The lowest BCUT2D eigenvalue weighted by atomic mass is 9.88. The van der Waals surface area contributed by atoms with Crippen LogP contribution in [0.3, 0.4) is 0 Å². The Morgan fingerprint density at radius 2 is 2.17 bits per heavy atom. The maximum absolute atomic E-state index is 13.3. The van der Waals surface area contributed by atoms with Gasteiger partial charge in [-0.05, 0) is 19.4 Å². The number of halogens is 2. The van der Waals surface area contributed by atoms with Crippen molar-refractivity contribution >= 4 is 5.91 Å². The summed E-state index contributed by atoms with van der Waals surface area (Å²) in [5.74, 6) is -1.85. The third-order valence-corrected chi connectivity index (χ3v) is 2.91. The molecule has 0 spiro atoms. The Labute approximate surface area is 104 Å². The number of rotatable bonds is 4. The number of carbonyl (C=O) groups excluding carboxylic acids is 1. The van der Waals surface area contributed by atoms with Gasteiger partial charge in [-0.2, -0.15) is 5.26 Å². The van der Waals surface area contributed by atoms with Crippen molar-refractivity contribution in [3.05, 3.63) is 35.4 Å². The highest BCUT2D eigenvalue weighted by Gasteiger charge is 2.30. The van der Waals surface area contributed by atoms with Crippen molar-refractivity contribution in [2.45, 2.75) is 26.8 Å². The largest absolute Gasteiger partial charge is 0.351 e. The van der Waals surface area contributed by atoms with Crippen LogP contribution in [-0.2, 0) is 11.3 Å². The first-order chi connectivity index (χ1) is 8.42. The minimum atomic E-state index is -1.13. The molecule has 0 aromatic heterocycles. The van der Waals surface area contributed by atoms with Crippen molar-refractivity contribution in [3.63, 3.8) is 0 Å². The molecular weight excluding hydrogens is 238 g/mol. The molecule has 0 aliphatic carbocycles.